The maximum absolute atomic E-state index is 13.6. The minimum atomic E-state index is -0.450. The van der Waals surface area contributed by atoms with Crippen LogP contribution in [0.5, 0.6) is 0 Å². The molecule has 1 amide bonds. The van der Waals surface area contributed by atoms with Crippen LogP contribution in [-0.2, 0) is 0 Å². The number of anilines is 1. The molecule has 2 aromatic carbocycles. The number of fused-ring (bicyclic) bond motifs is 1. The Morgan fingerprint density at radius 1 is 1.14 bits per heavy atom. The second kappa shape index (κ2) is 5.05. The van der Waals surface area contributed by atoms with Crippen molar-refractivity contribution in [2.75, 3.05) is 5.32 Å². The Morgan fingerprint density at radius 2 is 1.90 bits per heavy atom. The van der Waals surface area contributed by atoms with Crippen molar-refractivity contribution < 1.29 is 9.18 Å². The highest BCUT2D eigenvalue weighted by Gasteiger charge is 2.12. The van der Waals surface area contributed by atoms with Gasteiger partial charge in [0.05, 0.1) is 5.69 Å². The average molecular weight is 282 g/mol. The van der Waals surface area contributed by atoms with E-state index < -0.39 is 5.82 Å². The molecule has 0 unspecified atom stereocenters. The van der Waals surface area contributed by atoms with Crippen LogP contribution in [-0.4, -0.2) is 10.9 Å². The van der Waals surface area contributed by atoms with Crippen LogP contribution in [0.2, 0.25) is 0 Å². The van der Waals surface area contributed by atoms with Gasteiger partial charge in [-0.1, -0.05) is 18.2 Å². The van der Waals surface area contributed by atoms with Crippen LogP contribution in [0.3, 0.4) is 0 Å². The number of carbonyl (C=O) groups is 1. The molecule has 0 saturated heterocycles. The molecule has 0 atom stereocenters. The van der Waals surface area contributed by atoms with Gasteiger partial charge in [-0.15, -0.1) is 0 Å². The monoisotopic (exact) mass is 282 g/mol. The number of halogens is 1. The zero-order valence-corrected chi connectivity index (χ0v) is 11.8. The van der Waals surface area contributed by atoms with E-state index in [2.05, 4.69) is 16.4 Å². The van der Waals surface area contributed by atoms with Gasteiger partial charge in [0.25, 0.3) is 5.91 Å². The second-order valence-corrected chi connectivity index (χ2v) is 5.16. The maximum Gasteiger partial charge on any atom is 0.272 e. The van der Waals surface area contributed by atoms with E-state index in [4.69, 9.17) is 0 Å². The summed E-state index contributed by atoms with van der Waals surface area (Å²) in [6.45, 7) is 4.01. The molecule has 4 heteroatoms. The van der Waals surface area contributed by atoms with E-state index >= 15 is 0 Å². The van der Waals surface area contributed by atoms with E-state index in [9.17, 15) is 9.18 Å². The van der Waals surface area contributed by atoms with Crippen LogP contribution < -0.4 is 5.32 Å². The molecule has 0 aliphatic carbocycles. The molecule has 0 saturated carbocycles. The molecule has 0 radical (unpaired) electrons. The highest BCUT2D eigenvalue weighted by atomic mass is 19.1. The van der Waals surface area contributed by atoms with Gasteiger partial charge in [0.2, 0.25) is 0 Å². The van der Waals surface area contributed by atoms with Crippen LogP contribution in [0.15, 0.2) is 42.5 Å². The Hall–Kier alpha value is -2.62. The molecule has 21 heavy (non-hydrogen) atoms. The number of amides is 1. The Morgan fingerprint density at radius 3 is 2.67 bits per heavy atom. The number of aromatic amines is 1. The van der Waals surface area contributed by atoms with Crippen molar-refractivity contribution >= 4 is 22.5 Å². The molecule has 1 heterocycles. The van der Waals surface area contributed by atoms with E-state index in [1.165, 1.54) is 12.1 Å². The fourth-order valence-corrected chi connectivity index (χ4v) is 2.47. The summed E-state index contributed by atoms with van der Waals surface area (Å²) in [4.78, 5) is 15.3. The lowest BCUT2D eigenvalue weighted by molar-refractivity contribution is 0.102. The van der Waals surface area contributed by atoms with Gasteiger partial charge in [0.1, 0.15) is 11.5 Å². The zero-order valence-electron chi connectivity index (χ0n) is 11.8. The highest BCUT2D eigenvalue weighted by Crippen LogP contribution is 2.22. The Bertz CT molecular complexity index is 836. The number of para-hydroxylation sites is 1. The van der Waals surface area contributed by atoms with Gasteiger partial charge < -0.3 is 10.3 Å². The van der Waals surface area contributed by atoms with Gasteiger partial charge in [-0.2, -0.15) is 0 Å². The third-order valence-corrected chi connectivity index (χ3v) is 3.46. The summed E-state index contributed by atoms with van der Waals surface area (Å²) in [5.41, 5.74) is 3.73. The van der Waals surface area contributed by atoms with Crippen molar-refractivity contribution in [2.45, 2.75) is 13.8 Å². The number of nitrogens with one attached hydrogen (secondary N) is 2. The fourth-order valence-electron chi connectivity index (χ4n) is 2.47. The Balaban J connectivity index is 1.95. The molecule has 3 aromatic rings. The average Bonchev–Trinajstić information content (AvgIpc) is 2.85. The summed E-state index contributed by atoms with van der Waals surface area (Å²) in [5, 5.41) is 3.58. The third kappa shape index (κ3) is 2.52. The van der Waals surface area contributed by atoms with Crippen molar-refractivity contribution in [1.29, 1.82) is 0 Å². The quantitative estimate of drug-likeness (QED) is 0.727. The summed E-state index contributed by atoms with van der Waals surface area (Å²) in [5.74, 6) is -0.803. The van der Waals surface area contributed by atoms with Crippen LogP contribution in [0.25, 0.3) is 10.9 Å². The predicted octanol–water partition coefficient (Wildman–Crippen LogP) is 4.18. The first kappa shape index (κ1) is 13.4. The van der Waals surface area contributed by atoms with Crippen LogP contribution >= 0.6 is 0 Å². The van der Waals surface area contributed by atoms with Crippen molar-refractivity contribution in [2.24, 2.45) is 0 Å². The molecule has 1 aromatic heterocycles. The smallest absolute Gasteiger partial charge is 0.272 e. The summed E-state index contributed by atoms with van der Waals surface area (Å²) in [6.07, 6.45) is 0. The summed E-state index contributed by atoms with van der Waals surface area (Å²) < 4.78 is 13.6. The lowest BCUT2D eigenvalue weighted by Crippen LogP contribution is -2.13. The number of rotatable bonds is 2. The molecule has 0 fully saturated rings. The van der Waals surface area contributed by atoms with Gasteiger partial charge in [-0.25, -0.2) is 4.39 Å². The van der Waals surface area contributed by atoms with E-state index in [0.717, 1.165) is 22.0 Å². The first-order valence-corrected chi connectivity index (χ1v) is 6.70. The number of H-pyrrole nitrogens is 1. The normalized spacial score (nSPS) is 10.8. The van der Waals surface area contributed by atoms with Crippen LogP contribution in [0.4, 0.5) is 10.1 Å². The molecular formula is C17H15FN2O. The van der Waals surface area contributed by atoms with Gasteiger partial charge in [0.15, 0.2) is 0 Å². The van der Waals surface area contributed by atoms with Crippen molar-refractivity contribution in [3.05, 3.63) is 65.1 Å². The predicted molar refractivity (Wildman–Crippen MR) is 82.1 cm³/mol. The van der Waals surface area contributed by atoms with Crippen molar-refractivity contribution in [3.63, 3.8) is 0 Å². The van der Waals surface area contributed by atoms with E-state index in [1.807, 2.05) is 19.9 Å². The second-order valence-electron chi connectivity index (χ2n) is 5.16. The van der Waals surface area contributed by atoms with Crippen LogP contribution in [0, 0.1) is 19.7 Å². The Kier molecular flexibility index (Phi) is 3.22. The van der Waals surface area contributed by atoms with Gasteiger partial charge in [-0.3, -0.25) is 4.79 Å². The van der Waals surface area contributed by atoms with Gasteiger partial charge in [-0.05, 0) is 49.2 Å². The molecular weight excluding hydrogens is 267 g/mol. The lowest BCUT2D eigenvalue weighted by Gasteiger charge is -2.04. The third-order valence-electron chi connectivity index (χ3n) is 3.46. The summed E-state index contributed by atoms with van der Waals surface area (Å²) >= 11 is 0. The molecule has 106 valence electrons. The van der Waals surface area contributed by atoms with Crippen molar-refractivity contribution in [1.82, 2.24) is 4.98 Å². The highest BCUT2D eigenvalue weighted by molar-refractivity contribution is 6.06. The minimum Gasteiger partial charge on any atom is -0.351 e. The first-order valence-electron chi connectivity index (χ1n) is 6.70. The molecule has 0 bridgehead atoms. The maximum atomic E-state index is 13.6. The van der Waals surface area contributed by atoms with E-state index in [0.29, 0.717) is 5.69 Å². The zero-order chi connectivity index (χ0) is 15.0. The molecule has 3 nitrogen and oxygen atoms in total. The Labute approximate surface area is 121 Å². The van der Waals surface area contributed by atoms with Crippen LogP contribution in [0.1, 0.15) is 21.6 Å². The van der Waals surface area contributed by atoms with E-state index in [-0.39, 0.29) is 11.6 Å². The van der Waals surface area contributed by atoms with Gasteiger partial charge in [0, 0.05) is 10.9 Å². The molecule has 0 spiro atoms. The fraction of sp³-hybridized carbons (Fsp3) is 0.118. The molecule has 2 N–H and O–H groups in total. The SMILES string of the molecule is Cc1cc(C)c2cc(C(=O)Nc3ccccc3F)[nH]c2c1. The number of benzene rings is 2. The number of carbonyl (C=O) groups excluding carboxylic acids is 1. The molecule has 0 aliphatic rings. The largest absolute Gasteiger partial charge is 0.351 e. The number of aryl methyl sites for hydroxylation is 2. The number of hydrogen-bond donors (Lipinski definition) is 2. The van der Waals surface area contributed by atoms with Gasteiger partial charge >= 0.3 is 0 Å². The molecule has 3 rings (SSSR count). The molecule has 0 aliphatic heterocycles. The number of hydrogen-bond acceptors (Lipinski definition) is 1. The van der Waals surface area contributed by atoms with Crippen molar-refractivity contribution in [3.8, 4) is 0 Å². The lowest BCUT2D eigenvalue weighted by atomic mass is 10.1. The topological polar surface area (TPSA) is 44.9 Å². The summed E-state index contributed by atoms with van der Waals surface area (Å²) in [6, 6.07) is 12.0. The standard InChI is InChI=1S/C17H15FN2O/c1-10-7-11(2)12-9-16(19-15(12)8-10)17(21)20-14-6-4-3-5-13(14)18/h3-9,19H,1-2H3,(H,20,21). The van der Waals surface area contributed by atoms with E-state index in [1.54, 1.807) is 18.2 Å². The number of aromatic nitrogens is 1. The first-order chi connectivity index (χ1) is 10.0. The summed E-state index contributed by atoms with van der Waals surface area (Å²) in [7, 11) is 0. The minimum absolute atomic E-state index is 0.175.